The minimum Gasteiger partial charge on any atom is -0.392 e. The molecule has 2 fully saturated rings. The van der Waals surface area contributed by atoms with E-state index in [9.17, 15) is 23.1 Å². The van der Waals surface area contributed by atoms with Crippen LogP contribution in [0.2, 0.25) is 5.02 Å². The lowest BCUT2D eigenvalue weighted by molar-refractivity contribution is -0.137. The summed E-state index contributed by atoms with van der Waals surface area (Å²) >= 11 is 5.98. The minimum absolute atomic E-state index is 0.0135. The molecule has 2 aliphatic rings. The Bertz CT molecular complexity index is 649. The van der Waals surface area contributed by atoms with Crippen LogP contribution in [0.15, 0.2) is 18.2 Å². The van der Waals surface area contributed by atoms with E-state index in [0.717, 1.165) is 43.9 Å². The molecule has 0 unspecified atom stereocenters. The van der Waals surface area contributed by atoms with Crippen LogP contribution in [0.4, 0.5) is 13.2 Å². The van der Waals surface area contributed by atoms with Gasteiger partial charge in [-0.3, -0.25) is 4.79 Å². The standard InChI is InChI=1S/C17H19ClF3NO2/c18-13-5-4-11(17(19,20)21)9-12(13)15(24)22-8-2-7-16(10-22)6-1-3-14(16)23/h4-5,9,14,23H,1-3,6-8,10H2/t14-,16+/m1/s1. The van der Waals surface area contributed by atoms with E-state index in [1.807, 2.05) is 0 Å². The predicted octanol–water partition coefficient (Wildman–Crippen LogP) is 4.13. The first-order valence-corrected chi connectivity index (χ1v) is 8.45. The van der Waals surface area contributed by atoms with Crippen LogP contribution in [0.3, 0.4) is 0 Å². The normalized spacial score (nSPS) is 27.7. The molecule has 1 heterocycles. The Morgan fingerprint density at radius 3 is 2.62 bits per heavy atom. The highest BCUT2D eigenvalue weighted by atomic mass is 35.5. The van der Waals surface area contributed by atoms with E-state index >= 15 is 0 Å². The van der Waals surface area contributed by atoms with Gasteiger partial charge < -0.3 is 10.0 Å². The van der Waals surface area contributed by atoms with Gasteiger partial charge in [0.2, 0.25) is 0 Å². The Labute approximate surface area is 143 Å². The molecule has 1 spiro atoms. The van der Waals surface area contributed by atoms with E-state index in [0.29, 0.717) is 19.5 Å². The number of halogens is 4. The minimum atomic E-state index is -4.52. The summed E-state index contributed by atoms with van der Waals surface area (Å²) < 4.78 is 38.7. The molecule has 1 N–H and O–H groups in total. The van der Waals surface area contributed by atoms with Gasteiger partial charge in [0.1, 0.15) is 0 Å². The van der Waals surface area contributed by atoms with Crippen molar-refractivity contribution in [2.75, 3.05) is 13.1 Å². The van der Waals surface area contributed by atoms with Gasteiger partial charge in [-0.2, -0.15) is 13.2 Å². The van der Waals surface area contributed by atoms with Gasteiger partial charge in [0.05, 0.1) is 22.3 Å². The summed E-state index contributed by atoms with van der Waals surface area (Å²) in [5, 5.41) is 10.3. The van der Waals surface area contributed by atoms with Gasteiger partial charge in [0.25, 0.3) is 5.91 Å². The molecule has 2 atom stereocenters. The maximum absolute atomic E-state index is 12.9. The number of hydrogen-bond acceptors (Lipinski definition) is 2. The number of aliphatic hydroxyl groups excluding tert-OH is 1. The molecule has 3 rings (SSSR count). The molecule has 1 aliphatic heterocycles. The first kappa shape index (κ1) is 17.5. The topological polar surface area (TPSA) is 40.5 Å². The van der Waals surface area contributed by atoms with E-state index in [4.69, 9.17) is 11.6 Å². The number of benzene rings is 1. The highest BCUT2D eigenvalue weighted by Crippen LogP contribution is 2.45. The Morgan fingerprint density at radius 1 is 1.29 bits per heavy atom. The Hall–Kier alpha value is -1.27. The molecule has 3 nitrogen and oxygen atoms in total. The average Bonchev–Trinajstić information content (AvgIpc) is 2.86. The molecule has 1 aromatic rings. The van der Waals surface area contributed by atoms with Crippen LogP contribution in [-0.2, 0) is 6.18 Å². The second-order valence-corrected chi connectivity index (χ2v) is 7.20. The zero-order valence-corrected chi connectivity index (χ0v) is 13.8. The van der Waals surface area contributed by atoms with Crippen LogP contribution in [0.1, 0.15) is 48.0 Å². The van der Waals surface area contributed by atoms with Crippen LogP contribution in [0.25, 0.3) is 0 Å². The third-order valence-corrected chi connectivity index (χ3v) is 5.61. The number of hydrogen-bond donors (Lipinski definition) is 1. The lowest BCUT2D eigenvalue weighted by Crippen LogP contribution is -2.49. The van der Waals surface area contributed by atoms with Crippen LogP contribution >= 0.6 is 11.6 Å². The van der Waals surface area contributed by atoms with Gasteiger partial charge in [-0.05, 0) is 43.9 Å². The van der Waals surface area contributed by atoms with Gasteiger partial charge in [-0.15, -0.1) is 0 Å². The lowest BCUT2D eigenvalue weighted by Gasteiger charge is -2.42. The number of amides is 1. The second-order valence-electron chi connectivity index (χ2n) is 6.79. The fourth-order valence-corrected chi connectivity index (χ4v) is 4.16. The highest BCUT2D eigenvalue weighted by Gasteiger charge is 2.46. The summed E-state index contributed by atoms with van der Waals surface area (Å²) in [7, 11) is 0. The molecular formula is C17H19ClF3NO2. The zero-order valence-electron chi connectivity index (χ0n) is 13.1. The van der Waals surface area contributed by atoms with Crippen molar-refractivity contribution < 1.29 is 23.1 Å². The molecule has 24 heavy (non-hydrogen) atoms. The average molecular weight is 362 g/mol. The van der Waals surface area contributed by atoms with E-state index in [2.05, 4.69) is 0 Å². The number of piperidine rings is 1. The summed E-state index contributed by atoms with van der Waals surface area (Å²) in [6.45, 7) is 0.847. The molecule has 1 saturated carbocycles. The molecule has 1 amide bonds. The number of carbonyl (C=O) groups excluding carboxylic acids is 1. The zero-order chi connectivity index (χ0) is 17.5. The van der Waals surface area contributed by atoms with Gasteiger partial charge >= 0.3 is 6.18 Å². The Kier molecular flexibility index (Phi) is 4.55. The summed E-state index contributed by atoms with van der Waals surface area (Å²) in [5.41, 5.74) is -1.33. The molecule has 7 heteroatoms. The summed E-state index contributed by atoms with van der Waals surface area (Å²) in [5.74, 6) is -0.496. The molecule has 1 saturated heterocycles. The first-order chi connectivity index (χ1) is 11.2. The van der Waals surface area contributed by atoms with Crippen molar-refractivity contribution in [2.24, 2.45) is 5.41 Å². The van der Waals surface area contributed by atoms with Gasteiger partial charge in [-0.1, -0.05) is 18.0 Å². The molecule has 0 aromatic heterocycles. The number of nitrogens with zero attached hydrogens (tertiary/aromatic N) is 1. The van der Waals surface area contributed by atoms with Gasteiger partial charge in [0, 0.05) is 18.5 Å². The maximum atomic E-state index is 12.9. The van der Waals surface area contributed by atoms with E-state index in [-0.39, 0.29) is 16.0 Å². The van der Waals surface area contributed by atoms with Crippen LogP contribution in [-0.4, -0.2) is 35.1 Å². The molecule has 0 radical (unpaired) electrons. The second kappa shape index (κ2) is 6.23. The molecule has 1 aromatic carbocycles. The number of rotatable bonds is 1. The first-order valence-electron chi connectivity index (χ1n) is 8.07. The molecule has 0 bridgehead atoms. The van der Waals surface area contributed by atoms with E-state index in [1.165, 1.54) is 0 Å². The smallest absolute Gasteiger partial charge is 0.392 e. The quantitative estimate of drug-likeness (QED) is 0.817. The maximum Gasteiger partial charge on any atom is 0.416 e. The van der Waals surface area contributed by atoms with Crippen LogP contribution in [0.5, 0.6) is 0 Å². The lowest BCUT2D eigenvalue weighted by atomic mass is 9.76. The summed E-state index contributed by atoms with van der Waals surface area (Å²) in [6.07, 6.45) is -0.934. The molecule has 132 valence electrons. The highest BCUT2D eigenvalue weighted by molar-refractivity contribution is 6.33. The molecule has 1 aliphatic carbocycles. The van der Waals surface area contributed by atoms with Crippen molar-refractivity contribution in [3.8, 4) is 0 Å². The fraction of sp³-hybridized carbons (Fsp3) is 0.588. The summed E-state index contributed by atoms with van der Waals surface area (Å²) in [6, 6.07) is 2.80. The SMILES string of the molecule is O=C(c1cc(C(F)(F)F)ccc1Cl)N1CCC[C@@]2(CCC[C@H]2O)C1. The van der Waals surface area contributed by atoms with Crippen molar-refractivity contribution in [3.63, 3.8) is 0 Å². The van der Waals surface area contributed by atoms with Crippen molar-refractivity contribution in [3.05, 3.63) is 34.3 Å². The van der Waals surface area contributed by atoms with Crippen molar-refractivity contribution in [2.45, 2.75) is 44.4 Å². The van der Waals surface area contributed by atoms with E-state index in [1.54, 1.807) is 4.90 Å². The van der Waals surface area contributed by atoms with Crippen LogP contribution in [0, 0.1) is 5.41 Å². The van der Waals surface area contributed by atoms with Crippen molar-refractivity contribution in [1.29, 1.82) is 0 Å². The number of carbonyl (C=O) groups is 1. The fourth-order valence-electron chi connectivity index (χ4n) is 3.97. The largest absolute Gasteiger partial charge is 0.416 e. The predicted molar refractivity (Wildman–Crippen MR) is 83.9 cm³/mol. The third-order valence-electron chi connectivity index (χ3n) is 5.28. The number of likely N-dealkylation sites (tertiary alicyclic amines) is 1. The van der Waals surface area contributed by atoms with Crippen molar-refractivity contribution in [1.82, 2.24) is 4.90 Å². The van der Waals surface area contributed by atoms with Gasteiger partial charge in [0.15, 0.2) is 0 Å². The van der Waals surface area contributed by atoms with Gasteiger partial charge in [-0.25, -0.2) is 0 Å². The third kappa shape index (κ3) is 3.14. The molecular weight excluding hydrogens is 343 g/mol. The van der Waals surface area contributed by atoms with E-state index < -0.39 is 23.8 Å². The van der Waals surface area contributed by atoms with Crippen LogP contribution < -0.4 is 0 Å². The Morgan fingerprint density at radius 2 is 2.00 bits per heavy atom. The monoisotopic (exact) mass is 361 g/mol. The number of alkyl halides is 3. The number of aliphatic hydroxyl groups is 1. The van der Waals surface area contributed by atoms with Crippen molar-refractivity contribution >= 4 is 17.5 Å². The Balaban J connectivity index is 1.86. The summed E-state index contributed by atoms with van der Waals surface area (Å²) in [4.78, 5) is 14.3.